The summed E-state index contributed by atoms with van der Waals surface area (Å²) in [5.74, 6) is 0. The summed E-state index contributed by atoms with van der Waals surface area (Å²) in [6.07, 6.45) is 8.79. The Labute approximate surface area is 158 Å². The molecule has 1 nitrogen and oxygen atoms in total. The second kappa shape index (κ2) is 11.6. The third kappa shape index (κ3) is 10.2. The van der Waals surface area contributed by atoms with Crippen LogP contribution >= 0.6 is 0 Å². The molecule has 0 aromatic heterocycles. The van der Waals surface area contributed by atoms with Crippen LogP contribution in [0.3, 0.4) is 0 Å². The van der Waals surface area contributed by atoms with Crippen molar-refractivity contribution in [2.45, 2.75) is 83.9 Å². The van der Waals surface area contributed by atoms with E-state index in [9.17, 15) is 13.2 Å². The molecule has 0 saturated heterocycles. The summed E-state index contributed by atoms with van der Waals surface area (Å²) < 4.78 is 39.2. The zero-order valence-electron chi connectivity index (χ0n) is 16.9. The first-order chi connectivity index (χ1) is 12.2. The number of alkyl halides is 3. The van der Waals surface area contributed by atoms with Gasteiger partial charge < -0.3 is 4.48 Å². The Morgan fingerprint density at radius 2 is 1.35 bits per heavy atom. The van der Waals surface area contributed by atoms with Gasteiger partial charge in [-0.2, -0.15) is 13.2 Å². The van der Waals surface area contributed by atoms with E-state index in [2.05, 4.69) is 21.0 Å². The molecule has 0 radical (unpaired) electrons. The van der Waals surface area contributed by atoms with Gasteiger partial charge in [-0.05, 0) is 25.0 Å². The van der Waals surface area contributed by atoms with Gasteiger partial charge in [-0.15, -0.1) is 0 Å². The number of unbranched alkanes of at least 4 members (excludes halogenated alkanes) is 9. The second-order valence-corrected chi connectivity index (χ2v) is 8.20. The zero-order valence-corrected chi connectivity index (χ0v) is 16.9. The van der Waals surface area contributed by atoms with Crippen molar-refractivity contribution < 1.29 is 17.7 Å². The van der Waals surface area contributed by atoms with E-state index in [1.165, 1.54) is 69.9 Å². The molecule has 0 unspecified atom stereocenters. The fourth-order valence-electron chi connectivity index (χ4n) is 3.45. The van der Waals surface area contributed by atoms with E-state index in [0.717, 1.165) is 29.1 Å². The summed E-state index contributed by atoms with van der Waals surface area (Å²) in [5, 5.41) is 0. The monoisotopic (exact) mass is 372 g/mol. The van der Waals surface area contributed by atoms with Crippen molar-refractivity contribution in [3.05, 3.63) is 35.4 Å². The van der Waals surface area contributed by atoms with Crippen LogP contribution in [-0.2, 0) is 12.7 Å². The molecule has 0 spiro atoms. The van der Waals surface area contributed by atoms with Gasteiger partial charge >= 0.3 is 6.18 Å². The van der Waals surface area contributed by atoms with Gasteiger partial charge in [0.05, 0.1) is 26.2 Å². The SMILES string of the molecule is CCCCCCCCCCCC[N+](C)(C)Cc1cccc(C(F)(F)F)c1. The van der Waals surface area contributed by atoms with Crippen molar-refractivity contribution in [3.8, 4) is 0 Å². The number of hydrogen-bond donors (Lipinski definition) is 0. The molecule has 0 aliphatic heterocycles. The number of quaternary nitrogens is 1. The summed E-state index contributed by atoms with van der Waals surface area (Å²) in [6.45, 7) is 3.89. The molecule has 1 aromatic rings. The lowest BCUT2D eigenvalue weighted by Gasteiger charge is -2.30. The quantitative estimate of drug-likeness (QED) is 0.254. The number of benzene rings is 1. The smallest absolute Gasteiger partial charge is 0.325 e. The van der Waals surface area contributed by atoms with E-state index in [-0.39, 0.29) is 0 Å². The van der Waals surface area contributed by atoms with Crippen LogP contribution in [0.15, 0.2) is 24.3 Å². The van der Waals surface area contributed by atoms with Crippen LogP contribution in [-0.4, -0.2) is 25.1 Å². The minimum Gasteiger partial charge on any atom is -0.325 e. The molecule has 0 fully saturated rings. The molecule has 0 saturated carbocycles. The molecule has 26 heavy (non-hydrogen) atoms. The van der Waals surface area contributed by atoms with Crippen molar-refractivity contribution in [1.82, 2.24) is 0 Å². The molecular weight excluding hydrogens is 335 g/mol. The lowest BCUT2D eigenvalue weighted by molar-refractivity contribution is -0.903. The van der Waals surface area contributed by atoms with E-state index < -0.39 is 11.7 Å². The minimum atomic E-state index is -4.26. The average molecular weight is 373 g/mol. The summed E-state index contributed by atoms with van der Waals surface area (Å²) in [4.78, 5) is 0. The molecule has 4 heteroatoms. The Balaban J connectivity index is 2.22. The third-order valence-electron chi connectivity index (χ3n) is 4.98. The lowest BCUT2D eigenvalue weighted by Crippen LogP contribution is -2.39. The first-order valence-corrected chi connectivity index (χ1v) is 10.2. The van der Waals surface area contributed by atoms with Crippen LogP contribution in [0, 0.1) is 0 Å². The van der Waals surface area contributed by atoms with Crippen molar-refractivity contribution >= 4 is 0 Å². The maximum atomic E-state index is 12.8. The van der Waals surface area contributed by atoms with E-state index >= 15 is 0 Å². The highest BCUT2D eigenvalue weighted by molar-refractivity contribution is 5.25. The Bertz CT molecular complexity index is 494. The molecule has 0 N–H and O–H groups in total. The number of rotatable bonds is 13. The first kappa shape index (κ1) is 23.0. The Morgan fingerprint density at radius 1 is 0.808 bits per heavy atom. The maximum Gasteiger partial charge on any atom is 0.416 e. The Hall–Kier alpha value is -1.03. The summed E-state index contributed by atoms with van der Waals surface area (Å²) in [6, 6.07) is 5.75. The zero-order chi connectivity index (χ0) is 19.5. The van der Waals surface area contributed by atoms with Crippen LogP contribution in [0.2, 0.25) is 0 Å². The second-order valence-electron chi connectivity index (χ2n) is 8.20. The summed E-state index contributed by atoms with van der Waals surface area (Å²) in [7, 11) is 4.21. The fraction of sp³-hybridized carbons (Fsp3) is 0.727. The van der Waals surface area contributed by atoms with Crippen molar-refractivity contribution in [3.63, 3.8) is 0 Å². The Morgan fingerprint density at radius 3 is 1.88 bits per heavy atom. The third-order valence-corrected chi connectivity index (χ3v) is 4.98. The van der Waals surface area contributed by atoms with Gasteiger partial charge in [0.1, 0.15) is 6.54 Å². The predicted molar refractivity (Wildman–Crippen MR) is 104 cm³/mol. The molecule has 1 rings (SSSR count). The van der Waals surface area contributed by atoms with Gasteiger partial charge in [0, 0.05) is 5.56 Å². The van der Waals surface area contributed by atoms with Gasteiger partial charge in [0.15, 0.2) is 0 Å². The van der Waals surface area contributed by atoms with Crippen LogP contribution in [0.1, 0.15) is 82.3 Å². The van der Waals surface area contributed by atoms with Crippen molar-refractivity contribution in [2.24, 2.45) is 0 Å². The predicted octanol–water partition coefficient (Wildman–Crippen LogP) is 7.20. The highest BCUT2D eigenvalue weighted by atomic mass is 19.4. The normalized spacial score (nSPS) is 12.5. The Kier molecular flexibility index (Phi) is 10.3. The van der Waals surface area contributed by atoms with Gasteiger partial charge in [0.2, 0.25) is 0 Å². The van der Waals surface area contributed by atoms with Gasteiger partial charge in [-0.1, -0.05) is 70.4 Å². The van der Waals surface area contributed by atoms with E-state index in [1.54, 1.807) is 6.07 Å². The molecule has 150 valence electrons. The maximum absolute atomic E-state index is 12.8. The minimum absolute atomic E-state index is 0.547. The lowest BCUT2D eigenvalue weighted by atomic mass is 10.1. The molecule has 0 bridgehead atoms. The van der Waals surface area contributed by atoms with Crippen LogP contribution in [0.4, 0.5) is 13.2 Å². The highest BCUT2D eigenvalue weighted by Crippen LogP contribution is 2.30. The van der Waals surface area contributed by atoms with Gasteiger partial charge in [0.25, 0.3) is 0 Å². The van der Waals surface area contributed by atoms with Crippen LogP contribution in [0.25, 0.3) is 0 Å². The molecule has 0 aliphatic carbocycles. The van der Waals surface area contributed by atoms with E-state index in [4.69, 9.17) is 0 Å². The van der Waals surface area contributed by atoms with Gasteiger partial charge in [-0.25, -0.2) is 0 Å². The van der Waals surface area contributed by atoms with E-state index in [0.29, 0.717) is 6.54 Å². The summed E-state index contributed by atoms with van der Waals surface area (Å²) in [5.41, 5.74) is 0.214. The molecule has 0 heterocycles. The highest BCUT2D eigenvalue weighted by Gasteiger charge is 2.30. The fourth-order valence-corrected chi connectivity index (χ4v) is 3.45. The topological polar surface area (TPSA) is 0 Å². The standard InChI is InChI=1S/C22H37F3N/c1-4-5-6-7-8-9-10-11-12-13-17-26(2,3)19-20-15-14-16-21(18-20)22(23,24)25/h14-16,18H,4-13,17,19H2,1-3H3/q+1. The van der Waals surface area contributed by atoms with Crippen molar-refractivity contribution in [2.75, 3.05) is 20.6 Å². The number of hydrogen-bond acceptors (Lipinski definition) is 0. The van der Waals surface area contributed by atoms with Gasteiger partial charge in [-0.3, -0.25) is 0 Å². The van der Waals surface area contributed by atoms with Crippen molar-refractivity contribution in [1.29, 1.82) is 0 Å². The first-order valence-electron chi connectivity index (χ1n) is 10.2. The molecule has 0 aliphatic rings. The number of nitrogens with zero attached hydrogens (tertiary/aromatic N) is 1. The largest absolute Gasteiger partial charge is 0.416 e. The van der Waals surface area contributed by atoms with E-state index in [1.807, 2.05) is 0 Å². The van der Waals surface area contributed by atoms with Crippen LogP contribution < -0.4 is 0 Å². The number of halogens is 3. The molecule has 0 amide bonds. The molecule has 1 aromatic carbocycles. The average Bonchev–Trinajstić information content (AvgIpc) is 2.55. The summed E-state index contributed by atoms with van der Waals surface area (Å²) >= 11 is 0. The molecule has 0 atom stereocenters. The van der Waals surface area contributed by atoms with Crippen LogP contribution in [0.5, 0.6) is 0 Å². The molecular formula is C22H37F3N+.